The molecule has 0 bridgehead atoms. The Labute approximate surface area is 163 Å². The molecule has 1 aliphatic heterocycles. The van der Waals surface area contributed by atoms with Crippen molar-refractivity contribution in [3.63, 3.8) is 0 Å². The fourth-order valence-corrected chi connectivity index (χ4v) is 3.30. The number of methoxy groups -OCH3 is 1. The van der Waals surface area contributed by atoms with Crippen LogP contribution >= 0.6 is 0 Å². The van der Waals surface area contributed by atoms with Crippen LogP contribution < -0.4 is 14.8 Å². The SMILES string of the molecule is CNCC1CCN(C(=O)c2cc([N+](=O)[O-])ccc2Oc2ccc(OC)cc2)C1. The summed E-state index contributed by atoms with van der Waals surface area (Å²) >= 11 is 0. The van der Waals surface area contributed by atoms with Gasteiger partial charge in [0.2, 0.25) is 0 Å². The standard InChI is InChI=1S/C20H23N3O5/c1-21-12-14-9-10-22(13-14)20(24)18-11-15(23(25)26)3-8-19(18)28-17-6-4-16(27-2)5-7-17/h3-8,11,14,21H,9-10,12-13H2,1-2H3. The van der Waals surface area contributed by atoms with Gasteiger partial charge in [-0.2, -0.15) is 0 Å². The molecule has 1 aliphatic rings. The molecule has 2 aromatic rings. The molecule has 8 heteroatoms. The summed E-state index contributed by atoms with van der Waals surface area (Å²) in [7, 11) is 3.45. The fraction of sp³-hybridized carbons (Fsp3) is 0.350. The van der Waals surface area contributed by atoms with Crippen LogP contribution in [-0.2, 0) is 0 Å². The summed E-state index contributed by atoms with van der Waals surface area (Å²) in [6.07, 6.45) is 0.899. The van der Waals surface area contributed by atoms with E-state index >= 15 is 0 Å². The van der Waals surface area contributed by atoms with Crippen molar-refractivity contribution in [1.82, 2.24) is 10.2 Å². The first kappa shape index (κ1) is 19.6. The third-order valence-corrected chi connectivity index (χ3v) is 4.76. The molecule has 0 spiro atoms. The van der Waals surface area contributed by atoms with Crippen molar-refractivity contribution in [2.45, 2.75) is 6.42 Å². The molecule has 2 aromatic carbocycles. The number of non-ortho nitro benzene ring substituents is 1. The number of nitrogens with one attached hydrogen (secondary N) is 1. The smallest absolute Gasteiger partial charge is 0.270 e. The van der Waals surface area contributed by atoms with E-state index in [1.807, 2.05) is 7.05 Å². The van der Waals surface area contributed by atoms with Gasteiger partial charge in [-0.3, -0.25) is 14.9 Å². The number of hydrogen-bond acceptors (Lipinski definition) is 6. The monoisotopic (exact) mass is 385 g/mol. The molecule has 28 heavy (non-hydrogen) atoms. The van der Waals surface area contributed by atoms with Crippen LogP contribution in [-0.4, -0.2) is 49.5 Å². The van der Waals surface area contributed by atoms with Crippen molar-refractivity contribution >= 4 is 11.6 Å². The topological polar surface area (TPSA) is 93.9 Å². The molecule has 1 heterocycles. The van der Waals surface area contributed by atoms with Gasteiger partial charge in [0.25, 0.3) is 11.6 Å². The molecule has 8 nitrogen and oxygen atoms in total. The lowest BCUT2D eigenvalue weighted by molar-refractivity contribution is -0.384. The van der Waals surface area contributed by atoms with Crippen LogP contribution in [0.4, 0.5) is 5.69 Å². The Morgan fingerprint density at radius 1 is 1.25 bits per heavy atom. The van der Waals surface area contributed by atoms with Crippen molar-refractivity contribution in [1.29, 1.82) is 0 Å². The Morgan fingerprint density at radius 3 is 2.61 bits per heavy atom. The average Bonchev–Trinajstić information content (AvgIpc) is 3.17. The molecule has 1 fully saturated rings. The van der Waals surface area contributed by atoms with Crippen LogP contribution in [0.3, 0.4) is 0 Å². The maximum atomic E-state index is 13.1. The lowest BCUT2D eigenvalue weighted by atomic mass is 10.1. The summed E-state index contributed by atoms with van der Waals surface area (Å²) in [6, 6.07) is 11.0. The van der Waals surface area contributed by atoms with Gasteiger partial charge in [0, 0.05) is 25.2 Å². The first-order valence-electron chi connectivity index (χ1n) is 9.06. The zero-order chi connectivity index (χ0) is 20.1. The molecule has 0 aromatic heterocycles. The quantitative estimate of drug-likeness (QED) is 0.581. The number of rotatable bonds is 7. The third kappa shape index (κ3) is 4.40. The van der Waals surface area contributed by atoms with E-state index in [2.05, 4.69) is 5.32 Å². The van der Waals surface area contributed by atoms with Gasteiger partial charge in [0.05, 0.1) is 17.6 Å². The molecule has 1 amide bonds. The number of nitrogens with zero attached hydrogens (tertiary/aromatic N) is 2. The van der Waals surface area contributed by atoms with Crippen molar-refractivity contribution in [2.24, 2.45) is 5.92 Å². The van der Waals surface area contributed by atoms with Crippen LogP contribution in [0, 0.1) is 16.0 Å². The van der Waals surface area contributed by atoms with E-state index in [9.17, 15) is 14.9 Å². The minimum atomic E-state index is -0.512. The minimum Gasteiger partial charge on any atom is -0.497 e. The van der Waals surface area contributed by atoms with Crippen LogP contribution in [0.5, 0.6) is 17.2 Å². The zero-order valence-electron chi connectivity index (χ0n) is 15.9. The van der Waals surface area contributed by atoms with Gasteiger partial charge >= 0.3 is 0 Å². The van der Waals surface area contributed by atoms with E-state index < -0.39 is 4.92 Å². The number of nitro groups is 1. The number of likely N-dealkylation sites (tertiary alicyclic amines) is 1. The largest absolute Gasteiger partial charge is 0.497 e. The number of hydrogen-bond donors (Lipinski definition) is 1. The van der Waals surface area contributed by atoms with Crippen LogP contribution in [0.1, 0.15) is 16.8 Å². The maximum absolute atomic E-state index is 13.1. The molecular weight excluding hydrogens is 362 g/mol. The van der Waals surface area contributed by atoms with Crippen LogP contribution in [0.15, 0.2) is 42.5 Å². The number of benzene rings is 2. The Hall–Kier alpha value is -3.13. The molecule has 1 N–H and O–H groups in total. The normalized spacial score (nSPS) is 16.1. The Balaban J connectivity index is 1.87. The van der Waals surface area contributed by atoms with Gasteiger partial charge in [-0.25, -0.2) is 0 Å². The minimum absolute atomic E-state index is 0.142. The molecule has 148 valence electrons. The Kier molecular flexibility index (Phi) is 6.10. The molecule has 3 rings (SSSR count). The first-order valence-corrected chi connectivity index (χ1v) is 9.06. The third-order valence-electron chi connectivity index (χ3n) is 4.76. The maximum Gasteiger partial charge on any atom is 0.270 e. The number of carbonyl (C=O) groups is 1. The van der Waals surface area contributed by atoms with Gasteiger partial charge in [0.1, 0.15) is 17.2 Å². The van der Waals surface area contributed by atoms with Gasteiger partial charge in [-0.05, 0) is 56.3 Å². The zero-order valence-corrected chi connectivity index (χ0v) is 15.9. The molecule has 0 aliphatic carbocycles. The number of ether oxygens (including phenoxy) is 2. The van der Waals surface area contributed by atoms with Gasteiger partial charge in [0.15, 0.2) is 0 Å². The first-order chi connectivity index (χ1) is 13.5. The fourth-order valence-electron chi connectivity index (χ4n) is 3.30. The molecule has 1 unspecified atom stereocenters. The lowest BCUT2D eigenvalue weighted by Gasteiger charge is -2.19. The second-order valence-electron chi connectivity index (χ2n) is 6.68. The summed E-state index contributed by atoms with van der Waals surface area (Å²) < 4.78 is 11.0. The highest BCUT2D eigenvalue weighted by atomic mass is 16.6. The van der Waals surface area contributed by atoms with Crippen molar-refractivity contribution < 1.29 is 19.2 Å². The molecular formula is C20H23N3O5. The van der Waals surface area contributed by atoms with Crippen LogP contribution in [0.2, 0.25) is 0 Å². The summed E-state index contributed by atoms with van der Waals surface area (Å²) in [5.74, 6) is 1.60. The molecule has 0 saturated carbocycles. The number of amides is 1. The average molecular weight is 385 g/mol. The van der Waals surface area contributed by atoms with E-state index in [1.165, 1.54) is 18.2 Å². The van der Waals surface area contributed by atoms with Gasteiger partial charge in [-0.15, -0.1) is 0 Å². The second-order valence-corrected chi connectivity index (χ2v) is 6.68. The van der Waals surface area contributed by atoms with Crippen LogP contribution in [0.25, 0.3) is 0 Å². The van der Waals surface area contributed by atoms with E-state index in [-0.39, 0.29) is 22.9 Å². The number of carbonyl (C=O) groups excluding carboxylic acids is 1. The highest BCUT2D eigenvalue weighted by molar-refractivity contribution is 5.98. The highest BCUT2D eigenvalue weighted by Gasteiger charge is 2.29. The number of nitro benzene ring substituents is 1. The molecule has 1 saturated heterocycles. The highest BCUT2D eigenvalue weighted by Crippen LogP contribution is 2.31. The Morgan fingerprint density at radius 2 is 1.96 bits per heavy atom. The van der Waals surface area contributed by atoms with Crippen molar-refractivity contribution in [3.8, 4) is 17.2 Å². The summed E-state index contributed by atoms with van der Waals surface area (Å²) in [4.78, 5) is 25.5. The molecule has 0 radical (unpaired) electrons. The van der Waals surface area contributed by atoms with Gasteiger partial charge < -0.3 is 19.7 Å². The van der Waals surface area contributed by atoms with E-state index in [0.717, 1.165) is 13.0 Å². The molecule has 1 atom stereocenters. The summed E-state index contributed by atoms with van der Waals surface area (Å²) in [5, 5.41) is 14.3. The second kappa shape index (κ2) is 8.71. The van der Waals surface area contributed by atoms with Crippen molar-refractivity contribution in [3.05, 3.63) is 58.1 Å². The Bertz CT molecular complexity index is 853. The van der Waals surface area contributed by atoms with Crippen molar-refractivity contribution in [2.75, 3.05) is 33.8 Å². The summed E-state index contributed by atoms with van der Waals surface area (Å²) in [6.45, 7) is 2.06. The van der Waals surface area contributed by atoms with E-state index in [0.29, 0.717) is 30.5 Å². The summed E-state index contributed by atoms with van der Waals surface area (Å²) in [5.41, 5.74) is 0.0477. The lowest BCUT2D eigenvalue weighted by Crippen LogP contribution is -2.30. The predicted octanol–water partition coefficient (Wildman–Crippen LogP) is 3.08. The van der Waals surface area contributed by atoms with E-state index in [4.69, 9.17) is 9.47 Å². The van der Waals surface area contributed by atoms with E-state index in [1.54, 1.807) is 36.3 Å². The van der Waals surface area contributed by atoms with Gasteiger partial charge in [-0.1, -0.05) is 0 Å². The predicted molar refractivity (Wildman–Crippen MR) is 104 cm³/mol.